The molecule has 7 heteroatoms. The first-order valence-electron chi connectivity index (χ1n) is 6.17. The van der Waals surface area contributed by atoms with E-state index >= 15 is 0 Å². The van der Waals surface area contributed by atoms with Crippen molar-refractivity contribution in [3.05, 3.63) is 10.5 Å². The Morgan fingerprint density at radius 2 is 2.39 bits per heavy atom. The van der Waals surface area contributed by atoms with Crippen molar-refractivity contribution in [2.24, 2.45) is 11.1 Å². The fourth-order valence-corrected chi connectivity index (χ4v) is 3.27. The number of thioether (sulfide) groups is 1. The Morgan fingerprint density at radius 1 is 1.67 bits per heavy atom. The second-order valence-corrected chi connectivity index (χ2v) is 5.90. The molecule has 1 aromatic heterocycles. The molecule has 0 radical (unpaired) electrons. The Labute approximate surface area is 110 Å². The third-order valence-corrected chi connectivity index (χ3v) is 4.53. The smallest absolute Gasteiger partial charge is 0.343 e. The molecular formula is C11H19N5OS. The minimum absolute atomic E-state index is 0.143. The number of nitrogens with one attached hydrogen (secondary N) is 2. The van der Waals surface area contributed by atoms with Crippen LogP contribution in [0.25, 0.3) is 0 Å². The van der Waals surface area contributed by atoms with Crippen molar-refractivity contribution in [1.29, 1.82) is 5.41 Å². The zero-order valence-electron chi connectivity index (χ0n) is 10.5. The quantitative estimate of drug-likeness (QED) is 0.393. The van der Waals surface area contributed by atoms with E-state index in [1.54, 1.807) is 16.3 Å². The van der Waals surface area contributed by atoms with Crippen LogP contribution in [0.5, 0.6) is 0 Å². The van der Waals surface area contributed by atoms with Gasteiger partial charge < -0.3 is 5.73 Å². The largest absolute Gasteiger partial charge is 0.388 e. The molecule has 1 aliphatic rings. The summed E-state index contributed by atoms with van der Waals surface area (Å²) in [7, 11) is 0. The van der Waals surface area contributed by atoms with E-state index in [4.69, 9.17) is 11.1 Å². The molecule has 1 aromatic rings. The average molecular weight is 269 g/mol. The highest BCUT2D eigenvalue weighted by Crippen LogP contribution is 2.51. The van der Waals surface area contributed by atoms with Crippen LogP contribution in [0.15, 0.2) is 9.95 Å². The molecule has 0 atom stereocenters. The standard InChI is InChI=1S/C11H19N5OS/c1-2-5-16-9(17)14-15-10(16)18-7-11(3-4-11)6-8(12)13/h2-7H2,1H3,(H3,12,13)(H,14,17). The van der Waals surface area contributed by atoms with Gasteiger partial charge >= 0.3 is 5.69 Å². The molecule has 0 aliphatic heterocycles. The SMILES string of the molecule is CCCn1c(SCC2(CC(=N)N)CC2)n[nH]c1=O. The Balaban J connectivity index is 1.98. The lowest BCUT2D eigenvalue weighted by Gasteiger charge is -2.13. The molecule has 1 saturated carbocycles. The van der Waals surface area contributed by atoms with E-state index < -0.39 is 0 Å². The molecule has 1 heterocycles. The van der Waals surface area contributed by atoms with Crippen LogP contribution in [0.3, 0.4) is 0 Å². The summed E-state index contributed by atoms with van der Waals surface area (Å²) in [5.41, 5.74) is 5.49. The molecule has 0 bridgehead atoms. The van der Waals surface area contributed by atoms with Crippen molar-refractivity contribution >= 4 is 17.6 Å². The first-order valence-corrected chi connectivity index (χ1v) is 7.16. The lowest BCUT2D eigenvalue weighted by atomic mass is 10.1. The van der Waals surface area contributed by atoms with E-state index in [0.29, 0.717) is 13.0 Å². The number of nitrogens with zero attached hydrogens (tertiary/aromatic N) is 2. The van der Waals surface area contributed by atoms with Gasteiger partial charge in [-0.15, -0.1) is 5.10 Å². The molecule has 1 fully saturated rings. The van der Waals surface area contributed by atoms with Gasteiger partial charge in [0, 0.05) is 18.7 Å². The maximum absolute atomic E-state index is 11.5. The highest BCUT2D eigenvalue weighted by molar-refractivity contribution is 7.99. The molecular weight excluding hydrogens is 250 g/mol. The van der Waals surface area contributed by atoms with Crippen molar-refractivity contribution in [2.75, 3.05) is 5.75 Å². The number of H-pyrrole nitrogens is 1. The summed E-state index contributed by atoms with van der Waals surface area (Å²) in [4.78, 5) is 11.5. The summed E-state index contributed by atoms with van der Waals surface area (Å²) < 4.78 is 1.68. The normalized spacial score (nSPS) is 16.7. The number of hydrogen-bond donors (Lipinski definition) is 3. The zero-order valence-corrected chi connectivity index (χ0v) is 11.3. The van der Waals surface area contributed by atoms with Gasteiger partial charge in [-0.2, -0.15) is 0 Å². The number of aromatic amines is 1. The predicted octanol–water partition coefficient (Wildman–Crippen LogP) is 1.18. The Morgan fingerprint density at radius 3 is 2.94 bits per heavy atom. The van der Waals surface area contributed by atoms with E-state index in [9.17, 15) is 4.79 Å². The van der Waals surface area contributed by atoms with Gasteiger partial charge in [0.1, 0.15) is 0 Å². The second kappa shape index (κ2) is 5.17. The maximum atomic E-state index is 11.5. The van der Waals surface area contributed by atoms with Crippen LogP contribution in [-0.4, -0.2) is 26.4 Å². The van der Waals surface area contributed by atoms with Crippen LogP contribution in [0.1, 0.15) is 32.6 Å². The lowest BCUT2D eigenvalue weighted by Crippen LogP contribution is -2.19. The Bertz CT molecular complexity index is 488. The Hall–Kier alpha value is -1.24. The molecule has 0 unspecified atom stereocenters. The van der Waals surface area contributed by atoms with E-state index in [1.165, 1.54) is 0 Å². The van der Waals surface area contributed by atoms with Crippen LogP contribution in [0.2, 0.25) is 0 Å². The van der Waals surface area contributed by atoms with Crippen molar-refractivity contribution in [2.45, 2.75) is 44.3 Å². The van der Waals surface area contributed by atoms with Gasteiger partial charge in [0.25, 0.3) is 0 Å². The van der Waals surface area contributed by atoms with Crippen LogP contribution in [-0.2, 0) is 6.54 Å². The molecule has 4 N–H and O–H groups in total. The lowest BCUT2D eigenvalue weighted by molar-refractivity contribution is 0.592. The molecule has 18 heavy (non-hydrogen) atoms. The highest BCUT2D eigenvalue weighted by Gasteiger charge is 2.43. The van der Waals surface area contributed by atoms with Crippen LogP contribution < -0.4 is 11.4 Å². The third kappa shape index (κ3) is 2.95. The minimum atomic E-state index is -0.143. The van der Waals surface area contributed by atoms with Gasteiger partial charge in [-0.3, -0.25) is 9.98 Å². The van der Waals surface area contributed by atoms with Gasteiger partial charge in [-0.25, -0.2) is 9.89 Å². The monoisotopic (exact) mass is 269 g/mol. The summed E-state index contributed by atoms with van der Waals surface area (Å²) >= 11 is 1.59. The molecule has 0 spiro atoms. The van der Waals surface area contributed by atoms with E-state index in [1.807, 2.05) is 6.92 Å². The second-order valence-electron chi connectivity index (χ2n) is 4.95. The van der Waals surface area contributed by atoms with Crippen molar-refractivity contribution in [1.82, 2.24) is 14.8 Å². The molecule has 2 rings (SSSR count). The summed E-state index contributed by atoms with van der Waals surface area (Å²) in [6.45, 7) is 2.73. The summed E-state index contributed by atoms with van der Waals surface area (Å²) in [6, 6.07) is 0. The molecule has 6 nitrogen and oxygen atoms in total. The number of nitrogens with two attached hydrogens (primary N) is 1. The molecule has 0 aromatic carbocycles. The predicted molar refractivity (Wildman–Crippen MR) is 72.1 cm³/mol. The number of hydrogen-bond acceptors (Lipinski definition) is 4. The third-order valence-electron chi connectivity index (χ3n) is 3.20. The number of rotatable bonds is 7. The summed E-state index contributed by atoms with van der Waals surface area (Å²) in [5, 5.41) is 14.7. The maximum Gasteiger partial charge on any atom is 0.343 e. The summed E-state index contributed by atoms with van der Waals surface area (Å²) in [6.07, 6.45) is 3.79. The van der Waals surface area contributed by atoms with E-state index in [0.717, 1.165) is 30.2 Å². The van der Waals surface area contributed by atoms with Gasteiger partial charge in [0.15, 0.2) is 5.16 Å². The molecule has 100 valence electrons. The van der Waals surface area contributed by atoms with Crippen molar-refractivity contribution in [3.8, 4) is 0 Å². The number of amidine groups is 1. The number of aromatic nitrogens is 3. The first kappa shape index (κ1) is 13.2. The topological polar surface area (TPSA) is 101 Å². The van der Waals surface area contributed by atoms with Crippen LogP contribution >= 0.6 is 11.8 Å². The van der Waals surface area contributed by atoms with Crippen LogP contribution in [0, 0.1) is 10.8 Å². The van der Waals surface area contributed by atoms with E-state index in [-0.39, 0.29) is 16.9 Å². The molecule has 0 amide bonds. The van der Waals surface area contributed by atoms with E-state index in [2.05, 4.69) is 10.2 Å². The van der Waals surface area contributed by atoms with Crippen molar-refractivity contribution in [3.63, 3.8) is 0 Å². The molecule has 0 saturated heterocycles. The van der Waals surface area contributed by atoms with Gasteiger partial charge in [-0.1, -0.05) is 18.7 Å². The summed E-state index contributed by atoms with van der Waals surface area (Å²) in [5.74, 6) is 1.13. The molecule has 1 aliphatic carbocycles. The fraction of sp³-hybridized carbons (Fsp3) is 0.727. The minimum Gasteiger partial charge on any atom is -0.388 e. The first-order chi connectivity index (χ1) is 8.56. The average Bonchev–Trinajstić information content (AvgIpc) is 2.97. The Kier molecular flexibility index (Phi) is 3.79. The van der Waals surface area contributed by atoms with Crippen LogP contribution in [0.4, 0.5) is 0 Å². The van der Waals surface area contributed by atoms with Gasteiger partial charge in [-0.05, 0) is 24.7 Å². The highest BCUT2D eigenvalue weighted by atomic mass is 32.2. The van der Waals surface area contributed by atoms with Gasteiger partial charge in [0.2, 0.25) is 0 Å². The van der Waals surface area contributed by atoms with Gasteiger partial charge in [0.05, 0.1) is 5.84 Å². The zero-order chi connectivity index (χ0) is 13.2. The fourth-order valence-electron chi connectivity index (χ4n) is 2.00. The van der Waals surface area contributed by atoms with Crippen molar-refractivity contribution < 1.29 is 0 Å².